The highest BCUT2D eigenvalue weighted by Crippen LogP contribution is 2.51. The van der Waals surface area contributed by atoms with Crippen molar-refractivity contribution in [2.24, 2.45) is 0 Å². The van der Waals surface area contributed by atoms with Gasteiger partial charge in [0.25, 0.3) is 0 Å². The average molecular weight is 536 g/mol. The Morgan fingerprint density at radius 2 is 1.43 bits per heavy atom. The SMILES string of the molecule is CN1C(=O)C[C@H]1C1O[C@@H](c2ccccc2)O[C@]1(C)c1cc(OCc2ccccc2)ccc1OCc1ccccc1. The van der Waals surface area contributed by atoms with Crippen molar-refractivity contribution in [3.8, 4) is 11.5 Å². The third-order valence-corrected chi connectivity index (χ3v) is 7.83. The number of ether oxygens (including phenoxy) is 4. The van der Waals surface area contributed by atoms with Crippen molar-refractivity contribution in [2.75, 3.05) is 7.05 Å². The van der Waals surface area contributed by atoms with Crippen LogP contribution in [0.1, 0.15) is 41.9 Å². The summed E-state index contributed by atoms with van der Waals surface area (Å²) in [4.78, 5) is 14.0. The van der Waals surface area contributed by atoms with E-state index in [9.17, 15) is 4.79 Å². The summed E-state index contributed by atoms with van der Waals surface area (Å²) in [6.07, 6.45) is -0.591. The maximum Gasteiger partial charge on any atom is 0.224 e. The molecule has 6 rings (SSSR count). The monoisotopic (exact) mass is 535 g/mol. The van der Waals surface area contributed by atoms with Gasteiger partial charge in [-0.05, 0) is 36.2 Å². The molecule has 6 nitrogen and oxygen atoms in total. The van der Waals surface area contributed by atoms with Crippen LogP contribution in [0.3, 0.4) is 0 Å². The lowest BCUT2D eigenvalue weighted by molar-refractivity contribution is -0.153. The predicted octanol–water partition coefficient (Wildman–Crippen LogP) is 6.40. The predicted molar refractivity (Wildman–Crippen MR) is 152 cm³/mol. The minimum Gasteiger partial charge on any atom is -0.489 e. The highest BCUT2D eigenvalue weighted by molar-refractivity contribution is 5.83. The van der Waals surface area contributed by atoms with Gasteiger partial charge < -0.3 is 23.8 Å². The Labute approximate surface area is 235 Å². The molecule has 4 atom stereocenters. The molecule has 40 heavy (non-hydrogen) atoms. The summed E-state index contributed by atoms with van der Waals surface area (Å²) >= 11 is 0. The van der Waals surface area contributed by atoms with Gasteiger partial charge in [-0.25, -0.2) is 0 Å². The van der Waals surface area contributed by atoms with E-state index in [1.54, 1.807) is 4.90 Å². The van der Waals surface area contributed by atoms with E-state index in [1.165, 1.54) is 0 Å². The molecule has 6 heteroatoms. The number of amides is 1. The van der Waals surface area contributed by atoms with Gasteiger partial charge >= 0.3 is 0 Å². The van der Waals surface area contributed by atoms with E-state index < -0.39 is 18.0 Å². The van der Waals surface area contributed by atoms with Crippen LogP contribution in [0, 0.1) is 0 Å². The molecular formula is C34H33NO5. The molecule has 204 valence electrons. The zero-order valence-electron chi connectivity index (χ0n) is 22.7. The lowest BCUT2D eigenvalue weighted by atomic mass is 9.81. The molecule has 0 aromatic heterocycles. The third-order valence-electron chi connectivity index (χ3n) is 7.83. The van der Waals surface area contributed by atoms with Gasteiger partial charge in [0.1, 0.15) is 36.4 Å². The first kappa shape index (κ1) is 26.1. The Bertz CT molecular complexity index is 1450. The topological polar surface area (TPSA) is 57.2 Å². The Kier molecular flexibility index (Phi) is 7.29. The lowest BCUT2D eigenvalue weighted by Crippen LogP contribution is -2.60. The highest BCUT2D eigenvalue weighted by Gasteiger charge is 2.57. The van der Waals surface area contributed by atoms with Gasteiger partial charge in [0, 0.05) is 24.6 Å². The lowest BCUT2D eigenvalue weighted by Gasteiger charge is -2.44. The first-order chi connectivity index (χ1) is 19.5. The number of likely N-dealkylation sites (N-methyl/N-ethyl adjacent to an activating group) is 1. The number of rotatable bonds is 9. The van der Waals surface area contributed by atoms with Crippen LogP contribution in [0.2, 0.25) is 0 Å². The second-order valence-corrected chi connectivity index (χ2v) is 10.5. The van der Waals surface area contributed by atoms with Crippen LogP contribution in [0.4, 0.5) is 0 Å². The van der Waals surface area contributed by atoms with Crippen LogP contribution in [0.25, 0.3) is 0 Å². The molecular weight excluding hydrogens is 502 g/mol. The molecule has 4 aromatic carbocycles. The van der Waals surface area contributed by atoms with E-state index in [0.717, 1.165) is 22.3 Å². The second-order valence-electron chi connectivity index (χ2n) is 10.5. The molecule has 0 radical (unpaired) electrons. The quantitative estimate of drug-likeness (QED) is 0.232. The number of likely N-dealkylation sites (tertiary alicyclic amines) is 1. The Morgan fingerprint density at radius 3 is 2.02 bits per heavy atom. The maximum atomic E-state index is 12.3. The third kappa shape index (κ3) is 5.20. The Balaban J connectivity index is 1.37. The zero-order valence-corrected chi connectivity index (χ0v) is 22.7. The summed E-state index contributed by atoms with van der Waals surface area (Å²) in [5, 5.41) is 0. The minimum atomic E-state index is -0.918. The van der Waals surface area contributed by atoms with Crippen LogP contribution in [-0.2, 0) is 33.1 Å². The van der Waals surface area contributed by atoms with E-state index in [1.807, 2.05) is 123 Å². The van der Waals surface area contributed by atoms with Crippen molar-refractivity contribution in [3.05, 3.63) is 131 Å². The molecule has 4 aromatic rings. The second kappa shape index (κ2) is 11.2. The largest absolute Gasteiger partial charge is 0.489 e. The fraction of sp³-hybridized carbons (Fsp3) is 0.265. The van der Waals surface area contributed by atoms with Gasteiger partial charge in [0.15, 0.2) is 6.29 Å². The number of carbonyl (C=O) groups is 1. The minimum absolute atomic E-state index is 0.0969. The van der Waals surface area contributed by atoms with Crippen molar-refractivity contribution in [1.29, 1.82) is 0 Å². The molecule has 2 aliphatic rings. The molecule has 0 N–H and O–H groups in total. The van der Waals surface area contributed by atoms with Gasteiger partial charge in [-0.15, -0.1) is 0 Å². The first-order valence-corrected chi connectivity index (χ1v) is 13.6. The molecule has 1 unspecified atom stereocenters. The van der Waals surface area contributed by atoms with Crippen LogP contribution >= 0.6 is 0 Å². The number of carbonyl (C=O) groups excluding carboxylic acids is 1. The number of hydrogen-bond acceptors (Lipinski definition) is 5. The molecule has 2 fully saturated rings. The van der Waals surface area contributed by atoms with Crippen LogP contribution in [-0.4, -0.2) is 30.0 Å². The van der Waals surface area contributed by atoms with E-state index in [4.69, 9.17) is 18.9 Å². The smallest absolute Gasteiger partial charge is 0.224 e. The van der Waals surface area contributed by atoms with Crippen molar-refractivity contribution in [1.82, 2.24) is 4.90 Å². The van der Waals surface area contributed by atoms with E-state index >= 15 is 0 Å². The van der Waals surface area contributed by atoms with Crippen molar-refractivity contribution >= 4 is 5.91 Å². The van der Waals surface area contributed by atoms with Gasteiger partial charge in [-0.1, -0.05) is 91.0 Å². The van der Waals surface area contributed by atoms with Crippen LogP contribution < -0.4 is 9.47 Å². The van der Waals surface area contributed by atoms with Gasteiger partial charge in [0.05, 0.1) is 6.04 Å². The molecule has 2 heterocycles. The summed E-state index contributed by atoms with van der Waals surface area (Å²) in [6.45, 7) is 2.88. The van der Waals surface area contributed by atoms with Gasteiger partial charge in [-0.3, -0.25) is 4.79 Å². The Morgan fingerprint density at radius 1 is 0.825 bits per heavy atom. The summed E-state index contributed by atoms with van der Waals surface area (Å²) < 4.78 is 26.0. The normalized spacial score (nSPS) is 24.0. The van der Waals surface area contributed by atoms with Crippen molar-refractivity contribution in [2.45, 2.75) is 50.6 Å². The number of hydrogen-bond donors (Lipinski definition) is 0. The first-order valence-electron chi connectivity index (χ1n) is 13.6. The number of benzene rings is 4. The van der Waals surface area contributed by atoms with E-state index in [0.29, 0.717) is 31.1 Å². The zero-order chi connectivity index (χ0) is 27.5. The van der Waals surface area contributed by atoms with E-state index in [-0.39, 0.29) is 11.9 Å². The summed E-state index contributed by atoms with van der Waals surface area (Å²) in [5.41, 5.74) is 2.97. The average Bonchev–Trinajstić information content (AvgIpc) is 3.36. The number of β-lactam (4-membered cyclic amide) rings is 1. The van der Waals surface area contributed by atoms with Crippen LogP contribution in [0.5, 0.6) is 11.5 Å². The van der Waals surface area contributed by atoms with Crippen molar-refractivity contribution < 1.29 is 23.7 Å². The standard InChI is InChI=1S/C34H33NO5/c1-34(32(29-21-31(36)35(29)2)39-33(40-34)26-16-10-5-11-17-26)28-20-27(37-22-24-12-6-3-7-13-24)18-19-30(28)38-23-25-14-8-4-9-15-25/h3-20,29,32-33H,21-23H2,1-2H3/t29-,32?,33+,34+/m0/s1. The molecule has 0 spiro atoms. The molecule has 0 bridgehead atoms. The van der Waals surface area contributed by atoms with Gasteiger partial charge in [-0.2, -0.15) is 0 Å². The summed E-state index contributed by atoms with van der Waals surface area (Å²) in [5.74, 6) is 1.49. The van der Waals surface area contributed by atoms with E-state index in [2.05, 4.69) is 0 Å². The van der Waals surface area contributed by atoms with Crippen LogP contribution in [0.15, 0.2) is 109 Å². The summed E-state index contributed by atoms with van der Waals surface area (Å²) in [7, 11) is 1.82. The molecule has 2 aliphatic heterocycles. The molecule has 0 saturated carbocycles. The molecule has 1 amide bonds. The molecule has 2 saturated heterocycles. The maximum absolute atomic E-state index is 12.3. The summed E-state index contributed by atoms with van der Waals surface area (Å²) in [6, 6.07) is 35.8. The molecule has 0 aliphatic carbocycles. The fourth-order valence-electron chi connectivity index (χ4n) is 5.44. The highest BCUT2D eigenvalue weighted by atomic mass is 16.7. The Hall–Kier alpha value is -4.13. The van der Waals surface area contributed by atoms with Gasteiger partial charge in [0.2, 0.25) is 5.91 Å². The fourth-order valence-corrected chi connectivity index (χ4v) is 5.44. The van der Waals surface area contributed by atoms with Crippen molar-refractivity contribution in [3.63, 3.8) is 0 Å². The number of nitrogens with zero attached hydrogens (tertiary/aromatic N) is 1.